The standard InChI is InChI=1S/C14H8N2O4S/c17-14-12(8-11-5-2-6-21-11)15-13(20-14)9-3-1-4-10(7-9)16(18)19/h1-8H. The number of nitrogens with zero attached hydrogens (tertiary/aromatic N) is 2. The molecule has 0 saturated carbocycles. The summed E-state index contributed by atoms with van der Waals surface area (Å²) in [7, 11) is 0. The predicted molar refractivity (Wildman–Crippen MR) is 78.0 cm³/mol. The molecule has 0 atom stereocenters. The van der Waals surface area contributed by atoms with E-state index in [-0.39, 0.29) is 17.3 Å². The van der Waals surface area contributed by atoms with Gasteiger partial charge < -0.3 is 4.74 Å². The van der Waals surface area contributed by atoms with Crippen LogP contribution in [-0.4, -0.2) is 16.8 Å². The third-order valence-corrected chi connectivity index (χ3v) is 3.57. The maximum atomic E-state index is 11.8. The van der Waals surface area contributed by atoms with Crippen molar-refractivity contribution in [3.8, 4) is 0 Å². The van der Waals surface area contributed by atoms with Gasteiger partial charge in [0.25, 0.3) is 5.69 Å². The molecule has 1 aromatic heterocycles. The van der Waals surface area contributed by atoms with Crippen molar-refractivity contribution in [2.45, 2.75) is 0 Å². The number of hydrogen-bond acceptors (Lipinski definition) is 6. The van der Waals surface area contributed by atoms with Crippen LogP contribution >= 0.6 is 11.3 Å². The van der Waals surface area contributed by atoms with E-state index in [1.54, 1.807) is 12.1 Å². The van der Waals surface area contributed by atoms with Crippen LogP contribution in [0.2, 0.25) is 0 Å². The monoisotopic (exact) mass is 300 g/mol. The summed E-state index contributed by atoms with van der Waals surface area (Å²) in [6.45, 7) is 0. The summed E-state index contributed by atoms with van der Waals surface area (Å²) < 4.78 is 5.07. The first-order chi connectivity index (χ1) is 10.1. The third kappa shape index (κ3) is 2.72. The van der Waals surface area contributed by atoms with Gasteiger partial charge in [-0.3, -0.25) is 10.1 Å². The zero-order valence-corrected chi connectivity index (χ0v) is 11.4. The number of ether oxygens (including phenoxy) is 1. The highest BCUT2D eigenvalue weighted by atomic mass is 32.1. The summed E-state index contributed by atoms with van der Waals surface area (Å²) >= 11 is 1.47. The molecule has 0 saturated heterocycles. The van der Waals surface area contributed by atoms with E-state index < -0.39 is 10.9 Å². The van der Waals surface area contributed by atoms with Gasteiger partial charge in [-0.1, -0.05) is 12.1 Å². The Balaban J connectivity index is 1.95. The van der Waals surface area contributed by atoms with E-state index in [0.29, 0.717) is 5.56 Å². The van der Waals surface area contributed by atoms with Gasteiger partial charge in [-0.05, 0) is 23.6 Å². The number of carbonyl (C=O) groups excluding carboxylic acids is 1. The summed E-state index contributed by atoms with van der Waals surface area (Å²) in [6, 6.07) is 9.52. The maximum absolute atomic E-state index is 11.8. The van der Waals surface area contributed by atoms with E-state index in [0.717, 1.165) is 4.88 Å². The van der Waals surface area contributed by atoms with Crippen LogP contribution in [0.1, 0.15) is 10.4 Å². The van der Waals surface area contributed by atoms with Crippen molar-refractivity contribution in [1.29, 1.82) is 0 Å². The molecule has 104 valence electrons. The zero-order chi connectivity index (χ0) is 14.8. The molecule has 0 N–H and O–H groups in total. The average Bonchev–Trinajstić information content (AvgIpc) is 3.10. The normalized spacial score (nSPS) is 15.9. The quantitative estimate of drug-likeness (QED) is 0.377. The molecule has 6 nitrogen and oxygen atoms in total. The molecule has 0 aliphatic carbocycles. The number of benzene rings is 1. The third-order valence-electron chi connectivity index (χ3n) is 2.75. The van der Waals surface area contributed by atoms with Gasteiger partial charge in [-0.25, -0.2) is 9.79 Å². The number of non-ortho nitro benzene ring substituents is 1. The molecular formula is C14H8N2O4S. The average molecular weight is 300 g/mol. The molecule has 3 rings (SSSR count). The van der Waals surface area contributed by atoms with Crippen molar-refractivity contribution in [3.05, 3.63) is 68.0 Å². The highest BCUT2D eigenvalue weighted by Crippen LogP contribution is 2.22. The van der Waals surface area contributed by atoms with E-state index in [4.69, 9.17) is 4.74 Å². The van der Waals surface area contributed by atoms with E-state index >= 15 is 0 Å². The first kappa shape index (κ1) is 13.2. The van der Waals surface area contributed by atoms with Crippen LogP contribution in [0.3, 0.4) is 0 Å². The molecule has 21 heavy (non-hydrogen) atoms. The Morgan fingerprint density at radius 3 is 2.86 bits per heavy atom. The molecule has 0 radical (unpaired) electrons. The minimum atomic E-state index is -0.565. The lowest BCUT2D eigenvalue weighted by atomic mass is 10.2. The number of rotatable bonds is 3. The predicted octanol–water partition coefficient (Wildman–Crippen LogP) is 3.00. The molecular weight excluding hydrogens is 292 g/mol. The number of cyclic esters (lactones) is 1. The van der Waals surface area contributed by atoms with Crippen LogP contribution in [0.4, 0.5) is 5.69 Å². The fourth-order valence-electron chi connectivity index (χ4n) is 1.79. The summed E-state index contributed by atoms with van der Waals surface area (Å²) in [5, 5.41) is 12.6. The van der Waals surface area contributed by atoms with Crippen LogP contribution < -0.4 is 0 Å². The summed E-state index contributed by atoms with van der Waals surface area (Å²) in [5.74, 6) is -0.489. The van der Waals surface area contributed by atoms with E-state index in [1.165, 1.54) is 29.5 Å². The highest BCUT2D eigenvalue weighted by Gasteiger charge is 2.25. The van der Waals surface area contributed by atoms with Gasteiger partial charge >= 0.3 is 5.97 Å². The molecule has 7 heteroatoms. The number of esters is 1. The molecule has 2 aromatic rings. The van der Waals surface area contributed by atoms with Crippen LogP contribution in [0.15, 0.2) is 52.5 Å². The first-order valence-electron chi connectivity index (χ1n) is 5.94. The van der Waals surface area contributed by atoms with E-state index in [1.807, 2.05) is 17.5 Å². The lowest BCUT2D eigenvalue weighted by Gasteiger charge is -1.98. The van der Waals surface area contributed by atoms with Crippen molar-refractivity contribution in [2.75, 3.05) is 0 Å². The van der Waals surface area contributed by atoms with E-state index in [9.17, 15) is 14.9 Å². The zero-order valence-electron chi connectivity index (χ0n) is 10.6. The fourth-order valence-corrected chi connectivity index (χ4v) is 2.44. The number of carbonyl (C=O) groups is 1. The molecule has 0 amide bonds. The van der Waals surface area contributed by atoms with Crippen molar-refractivity contribution in [3.63, 3.8) is 0 Å². The van der Waals surface area contributed by atoms with Gasteiger partial charge in [0, 0.05) is 22.6 Å². The topological polar surface area (TPSA) is 81.8 Å². The van der Waals surface area contributed by atoms with Gasteiger partial charge in [0.05, 0.1) is 4.92 Å². The lowest BCUT2D eigenvalue weighted by molar-refractivity contribution is -0.384. The van der Waals surface area contributed by atoms with Crippen LogP contribution in [-0.2, 0) is 9.53 Å². The number of hydrogen-bond donors (Lipinski definition) is 0. The number of thiophene rings is 1. The summed E-state index contributed by atoms with van der Waals surface area (Å²) in [4.78, 5) is 27.0. The van der Waals surface area contributed by atoms with Gasteiger partial charge in [0.2, 0.25) is 5.90 Å². The summed E-state index contributed by atoms with van der Waals surface area (Å²) in [5.41, 5.74) is 0.494. The molecule has 2 heterocycles. The van der Waals surface area contributed by atoms with Crippen LogP contribution in [0, 0.1) is 10.1 Å². The second-order valence-corrected chi connectivity index (χ2v) is 5.14. The Kier molecular flexibility index (Phi) is 3.33. The Morgan fingerprint density at radius 1 is 1.29 bits per heavy atom. The van der Waals surface area contributed by atoms with Gasteiger partial charge in [-0.15, -0.1) is 11.3 Å². The Hall–Kier alpha value is -2.80. The Labute approximate surface area is 123 Å². The molecule has 1 aromatic carbocycles. The van der Waals surface area contributed by atoms with Crippen molar-refractivity contribution in [1.82, 2.24) is 0 Å². The minimum Gasteiger partial charge on any atom is -0.402 e. The molecule has 0 bridgehead atoms. The fraction of sp³-hybridized carbons (Fsp3) is 0. The maximum Gasteiger partial charge on any atom is 0.363 e. The largest absolute Gasteiger partial charge is 0.402 e. The van der Waals surface area contributed by atoms with Gasteiger partial charge in [0.15, 0.2) is 5.70 Å². The second-order valence-electron chi connectivity index (χ2n) is 4.16. The number of nitro benzene ring substituents is 1. The molecule has 1 aliphatic rings. The number of nitro groups is 1. The van der Waals surface area contributed by atoms with Crippen molar-refractivity contribution >= 4 is 35.0 Å². The van der Waals surface area contributed by atoms with Crippen LogP contribution in [0.25, 0.3) is 6.08 Å². The number of aliphatic imine (C=N–C) groups is 1. The first-order valence-corrected chi connectivity index (χ1v) is 6.82. The lowest BCUT2D eigenvalue weighted by Crippen LogP contribution is -2.05. The summed E-state index contributed by atoms with van der Waals surface area (Å²) in [6.07, 6.45) is 1.62. The molecule has 0 fully saturated rings. The molecule has 1 aliphatic heterocycles. The SMILES string of the molecule is O=C1OC(c2cccc([N+](=O)[O-])c2)=NC1=Cc1cccs1. The van der Waals surface area contributed by atoms with Gasteiger partial charge in [0.1, 0.15) is 0 Å². The second kappa shape index (κ2) is 5.29. The molecule has 0 unspecified atom stereocenters. The van der Waals surface area contributed by atoms with E-state index in [2.05, 4.69) is 4.99 Å². The van der Waals surface area contributed by atoms with Crippen molar-refractivity contribution < 1.29 is 14.5 Å². The minimum absolute atomic E-state index is 0.0755. The Morgan fingerprint density at radius 2 is 2.14 bits per heavy atom. The van der Waals surface area contributed by atoms with Crippen molar-refractivity contribution in [2.24, 2.45) is 4.99 Å². The Bertz CT molecular complexity index is 778. The van der Waals surface area contributed by atoms with Gasteiger partial charge in [-0.2, -0.15) is 0 Å². The highest BCUT2D eigenvalue weighted by molar-refractivity contribution is 7.10. The van der Waals surface area contributed by atoms with Crippen LogP contribution in [0.5, 0.6) is 0 Å². The molecule has 0 spiro atoms. The smallest absolute Gasteiger partial charge is 0.363 e.